The molecule has 0 aliphatic heterocycles. The lowest BCUT2D eigenvalue weighted by molar-refractivity contribution is 0.602. The Morgan fingerprint density at radius 1 is 1.27 bits per heavy atom. The van der Waals surface area contributed by atoms with E-state index in [1.807, 2.05) is 18.2 Å². The van der Waals surface area contributed by atoms with Gasteiger partial charge in [0.1, 0.15) is 13.6 Å². The number of rotatable bonds is 0. The van der Waals surface area contributed by atoms with Gasteiger partial charge in [-0.15, -0.1) is 5.54 Å². The lowest BCUT2D eigenvalue weighted by Crippen LogP contribution is -2.16. The molecule has 2 nitrogen and oxygen atoms in total. The number of fused-ring (bicyclic) bond motifs is 1. The Morgan fingerprint density at radius 2 is 2.07 bits per heavy atom. The molecule has 1 aromatic carbocycles. The maximum absolute atomic E-state index is 5.17. The van der Waals surface area contributed by atoms with Crippen molar-refractivity contribution in [1.29, 1.82) is 0 Å². The van der Waals surface area contributed by atoms with E-state index in [2.05, 4.69) is 36.1 Å². The third-order valence-corrected chi connectivity index (χ3v) is 2.79. The molecule has 0 saturated carbocycles. The van der Waals surface area contributed by atoms with Crippen molar-refractivity contribution in [1.82, 2.24) is 4.98 Å². The van der Waals surface area contributed by atoms with Crippen molar-refractivity contribution in [3.8, 4) is 11.5 Å². The molecule has 1 heterocycles. The van der Waals surface area contributed by atoms with Gasteiger partial charge in [-0.1, -0.05) is 25.6 Å². The van der Waals surface area contributed by atoms with Crippen molar-refractivity contribution in [2.75, 3.05) is 0 Å². The molecule has 1 aromatic heterocycles. The molecule has 0 N–H and O–H groups in total. The molecule has 76 valence electrons. The maximum atomic E-state index is 5.17. The van der Waals surface area contributed by atoms with E-state index in [0.29, 0.717) is 0 Å². The smallest absolute Gasteiger partial charge is 0.181 e. The molecule has 0 aliphatic carbocycles. The van der Waals surface area contributed by atoms with Gasteiger partial charge in [-0.3, -0.25) is 0 Å². The first kappa shape index (κ1) is 10.0. The highest BCUT2D eigenvalue weighted by atomic mass is 28.3. The monoisotopic (exact) mass is 215 g/mol. The summed E-state index contributed by atoms with van der Waals surface area (Å²) in [6.45, 7) is 6.69. The molecule has 0 saturated heterocycles. The SMILES string of the molecule is C[Si](C)(C)C#Cc1ccc2ocnc2c1. The van der Waals surface area contributed by atoms with E-state index in [-0.39, 0.29) is 0 Å². The lowest BCUT2D eigenvalue weighted by Gasteiger charge is -2.03. The van der Waals surface area contributed by atoms with Gasteiger partial charge in [-0.05, 0) is 18.2 Å². The Kier molecular flexibility index (Phi) is 2.37. The molecular weight excluding hydrogens is 202 g/mol. The number of hydrogen-bond acceptors (Lipinski definition) is 2. The minimum Gasteiger partial charge on any atom is -0.443 e. The molecule has 15 heavy (non-hydrogen) atoms. The zero-order valence-electron chi connectivity index (χ0n) is 9.16. The van der Waals surface area contributed by atoms with Crippen molar-refractivity contribution in [3.63, 3.8) is 0 Å². The number of hydrogen-bond donors (Lipinski definition) is 0. The van der Waals surface area contributed by atoms with Crippen LogP contribution in [0.15, 0.2) is 29.0 Å². The molecule has 0 aliphatic rings. The van der Waals surface area contributed by atoms with Crippen molar-refractivity contribution in [2.45, 2.75) is 19.6 Å². The second-order valence-electron chi connectivity index (χ2n) is 4.53. The fourth-order valence-electron chi connectivity index (χ4n) is 1.20. The van der Waals surface area contributed by atoms with Crippen LogP contribution in [0.4, 0.5) is 0 Å². The minimum atomic E-state index is -1.30. The van der Waals surface area contributed by atoms with Crippen molar-refractivity contribution in [3.05, 3.63) is 30.2 Å². The predicted octanol–water partition coefficient (Wildman–Crippen LogP) is 3.06. The third kappa shape index (κ3) is 2.48. The molecule has 2 rings (SSSR count). The van der Waals surface area contributed by atoms with E-state index in [9.17, 15) is 0 Å². The maximum Gasteiger partial charge on any atom is 0.181 e. The van der Waals surface area contributed by atoms with Crippen molar-refractivity contribution < 1.29 is 4.42 Å². The van der Waals surface area contributed by atoms with Gasteiger partial charge in [0.25, 0.3) is 0 Å². The fraction of sp³-hybridized carbons (Fsp3) is 0.250. The summed E-state index contributed by atoms with van der Waals surface area (Å²) >= 11 is 0. The van der Waals surface area contributed by atoms with Crippen LogP contribution >= 0.6 is 0 Å². The van der Waals surface area contributed by atoms with Gasteiger partial charge in [0.05, 0.1) is 0 Å². The van der Waals surface area contributed by atoms with E-state index in [4.69, 9.17) is 4.42 Å². The van der Waals surface area contributed by atoms with Crippen molar-refractivity contribution >= 4 is 19.2 Å². The van der Waals surface area contributed by atoms with E-state index in [0.717, 1.165) is 16.7 Å². The van der Waals surface area contributed by atoms with Crippen LogP contribution in [0.25, 0.3) is 11.1 Å². The van der Waals surface area contributed by atoms with Gasteiger partial charge in [0.2, 0.25) is 0 Å². The topological polar surface area (TPSA) is 26.0 Å². The first-order valence-corrected chi connectivity index (χ1v) is 8.41. The third-order valence-electron chi connectivity index (χ3n) is 1.91. The molecule has 3 heteroatoms. The average molecular weight is 215 g/mol. The molecule has 0 bridgehead atoms. The Bertz CT molecular complexity index is 540. The number of oxazole rings is 1. The van der Waals surface area contributed by atoms with Crippen LogP contribution < -0.4 is 0 Å². The van der Waals surface area contributed by atoms with Crippen LogP contribution in [0.5, 0.6) is 0 Å². The standard InChI is InChI=1S/C12H13NOSi/c1-15(2,3)7-6-10-4-5-12-11(8-10)13-9-14-12/h4-5,8-9H,1-3H3. The molecule has 0 amide bonds. The normalized spacial score (nSPS) is 11.1. The van der Waals surface area contributed by atoms with Gasteiger partial charge in [-0.25, -0.2) is 4.98 Å². The van der Waals surface area contributed by atoms with Gasteiger partial charge >= 0.3 is 0 Å². The molecule has 0 radical (unpaired) electrons. The Hall–Kier alpha value is -1.53. The average Bonchev–Trinajstić information content (AvgIpc) is 2.60. The Morgan fingerprint density at radius 3 is 2.80 bits per heavy atom. The minimum absolute atomic E-state index is 0.813. The summed E-state index contributed by atoms with van der Waals surface area (Å²) < 4.78 is 5.17. The molecule has 2 aromatic rings. The molecule has 0 atom stereocenters. The summed E-state index contributed by atoms with van der Waals surface area (Å²) in [4.78, 5) is 4.10. The molecule has 0 fully saturated rings. The molecule has 0 unspecified atom stereocenters. The second-order valence-corrected chi connectivity index (χ2v) is 9.28. The highest BCUT2D eigenvalue weighted by molar-refractivity contribution is 6.83. The summed E-state index contributed by atoms with van der Waals surface area (Å²) in [5, 5.41) is 0. The van der Waals surface area contributed by atoms with E-state index >= 15 is 0 Å². The quantitative estimate of drug-likeness (QED) is 0.498. The van der Waals surface area contributed by atoms with Crippen LogP contribution in [0, 0.1) is 11.5 Å². The van der Waals surface area contributed by atoms with Gasteiger partial charge in [0, 0.05) is 5.56 Å². The Labute approximate surface area is 90.3 Å². The zero-order valence-corrected chi connectivity index (χ0v) is 10.2. The molecule has 0 spiro atoms. The first-order valence-electron chi connectivity index (χ1n) is 4.91. The summed E-state index contributed by atoms with van der Waals surface area (Å²) in [5.74, 6) is 3.20. The number of aromatic nitrogens is 1. The fourth-order valence-corrected chi connectivity index (χ4v) is 1.71. The number of benzene rings is 1. The van der Waals surface area contributed by atoms with E-state index in [1.165, 1.54) is 6.39 Å². The predicted molar refractivity (Wildman–Crippen MR) is 64.2 cm³/mol. The number of nitrogens with zero attached hydrogens (tertiary/aromatic N) is 1. The highest BCUT2D eigenvalue weighted by Gasteiger charge is 2.07. The van der Waals surface area contributed by atoms with Gasteiger partial charge in [-0.2, -0.15) is 0 Å². The molecular formula is C12H13NOSi. The van der Waals surface area contributed by atoms with Gasteiger partial charge in [0.15, 0.2) is 12.0 Å². The largest absolute Gasteiger partial charge is 0.443 e. The van der Waals surface area contributed by atoms with Gasteiger partial charge < -0.3 is 4.42 Å². The van der Waals surface area contributed by atoms with E-state index < -0.39 is 8.07 Å². The van der Waals surface area contributed by atoms with Crippen molar-refractivity contribution in [2.24, 2.45) is 0 Å². The summed E-state index contributed by atoms with van der Waals surface area (Å²) in [6, 6.07) is 5.85. The first-order chi connectivity index (χ1) is 7.04. The van der Waals surface area contributed by atoms with Crippen LogP contribution in [-0.4, -0.2) is 13.1 Å². The van der Waals surface area contributed by atoms with Crippen LogP contribution in [0.3, 0.4) is 0 Å². The van der Waals surface area contributed by atoms with E-state index in [1.54, 1.807) is 0 Å². The van der Waals surface area contributed by atoms with Crippen LogP contribution in [-0.2, 0) is 0 Å². The Balaban J connectivity index is 2.39. The summed E-state index contributed by atoms with van der Waals surface area (Å²) in [5.41, 5.74) is 6.02. The zero-order chi connectivity index (χ0) is 10.9. The van der Waals surface area contributed by atoms with Crippen LogP contribution in [0.1, 0.15) is 5.56 Å². The lowest BCUT2D eigenvalue weighted by atomic mass is 10.2. The summed E-state index contributed by atoms with van der Waals surface area (Å²) in [7, 11) is -1.30. The highest BCUT2D eigenvalue weighted by Crippen LogP contribution is 2.13. The second kappa shape index (κ2) is 3.56. The summed E-state index contributed by atoms with van der Waals surface area (Å²) in [6.07, 6.45) is 1.46. The van der Waals surface area contributed by atoms with Crippen LogP contribution in [0.2, 0.25) is 19.6 Å².